The first-order valence-corrected chi connectivity index (χ1v) is 9.56. The molecule has 122 valence electrons. The van der Waals surface area contributed by atoms with E-state index in [1.54, 1.807) is 4.31 Å². The SMILES string of the molecule is O=S(=O)(CCCN1CCOCC1)N1CCOCC2(CC2)C1. The smallest absolute Gasteiger partial charge is 0.214 e. The number of ether oxygens (including phenoxy) is 2. The number of sulfonamides is 1. The molecule has 0 radical (unpaired) electrons. The fourth-order valence-electron chi connectivity index (χ4n) is 3.09. The lowest BCUT2D eigenvalue weighted by Crippen LogP contribution is -2.40. The van der Waals surface area contributed by atoms with Gasteiger partial charge in [-0.05, 0) is 25.8 Å². The molecule has 3 fully saturated rings. The molecule has 0 bridgehead atoms. The molecular formula is C14H26N2O4S. The normalized spacial score (nSPS) is 27.6. The summed E-state index contributed by atoms with van der Waals surface area (Å²) in [6, 6.07) is 0. The van der Waals surface area contributed by atoms with Gasteiger partial charge < -0.3 is 9.47 Å². The molecule has 6 nitrogen and oxygen atoms in total. The Morgan fingerprint density at radius 3 is 2.43 bits per heavy atom. The number of hydrogen-bond acceptors (Lipinski definition) is 5. The fourth-order valence-corrected chi connectivity index (χ4v) is 4.67. The topological polar surface area (TPSA) is 59.1 Å². The minimum atomic E-state index is -3.14. The van der Waals surface area contributed by atoms with Crippen LogP contribution in [0.3, 0.4) is 0 Å². The van der Waals surface area contributed by atoms with Crippen molar-refractivity contribution in [2.45, 2.75) is 19.3 Å². The average Bonchev–Trinajstić information content (AvgIpc) is 3.27. The first-order chi connectivity index (χ1) is 10.1. The van der Waals surface area contributed by atoms with Gasteiger partial charge in [0.2, 0.25) is 10.0 Å². The van der Waals surface area contributed by atoms with E-state index in [1.807, 2.05) is 0 Å². The molecule has 0 aromatic rings. The molecule has 2 aliphatic heterocycles. The Hall–Kier alpha value is -0.210. The molecule has 2 heterocycles. The summed E-state index contributed by atoms with van der Waals surface area (Å²) >= 11 is 0. The van der Waals surface area contributed by atoms with Crippen molar-refractivity contribution in [1.29, 1.82) is 0 Å². The van der Waals surface area contributed by atoms with Crippen molar-refractivity contribution in [3.8, 4) is 0 Å². The summed E-state index contributed by atoms with van der Waals surface area (Å²) in [7, 11) is -3.14. The Balaban J connectivity index is 1.48. The minimum absolute atomic E-state index is 0.133. The van der Waals surface area contributed by atoms with Crippen molar-refractivity contribution >= 4 is 10.0 Å². The van der Waals surface area contributed by atoms with Crippen molar-refractivity contribution < 1.29 is 17.9 Å². The van der Waals surface area contributed by atoms with Gasteiger partial charge in [-0.25, -0.2) is 8.42 Å². The van der Waals surface area contributed by atoms with Crippen LogP contribution in [0, 0.1) is 5.41 Å². The highest BCUT2D eigenvalue weighted by Gasteiger charge is 2.47. The second-order valence-electron chi connectivity index (χ2n) is 6.51. The van der Waals surface area contributed by atoms with Gasteiger partial charge in [-0.1, -0.05) is 0 Å². The van der Waals surface area contributed by atoms with Gasteiger partial charge in [0.15, 0.2) is 0 Å². The van der Waals surface area contributed by atoms with Crippen LogP contribution in [-0.2, 0) is 19.5 Å². The van der Waals surface area contributed by atoms with Gasteiger partial charge >= 0.3 is 0 Å². The first-order valence-electron chi connectivity index (χ1n) is 7.95. The Labute approximate surface area is 127 Å². The molecule has 1 spiro atoms. The summed E-state index contributed by atoms with van der Waals surface area (Å²) in [4.78, 5) is 2.28. The average molecular weight is 318 g/mol. The molecule has 3 rings (SSSR count). The largest absolute Gasteiger partial charge is 0.379 e. The summed E-state index contributed by atoms with van der Waals surface area (Å²) in [5.74, 6) is 0.250. The van der Waals surface area contributed by atoms with Gasteiger partial charge in [0.05, 0.1) is 32.2 Å². The summed E-state index contributed by atoms with van der Waals surface area (Å²) in [6.45, 7) is 6.64. The van der Waals surface area contributed by atoms with Gasteiger partial charge in [0.1, 0.15) is 0 Å². The van der Waals surface area contributed by atoms with E-state index in [2.05, 4.69) is 4.90 Å². The van der Waals surface area contributed by atoms with E-state index in [0.29, 0.717) is 26.1 Å². The fraction of sp³-hybridized carbons (Fsp3) is 1.00. The monoisotopic (exact) mass is 318 g/mol. The Bertz CT molecular complexity index is 444. The van der Waals surface area contributed by atoms with Crippen LogP contribution < -0.4 is 0 Å². The molecule has 21 heavy (non-hydrogen) atoms. The van der Waals surface area contributed by atoms with Crippen molar-refractivity contribution in [2.75, 3.05) is 64.9 Å². The van der Waals surface area contributed by atoms with Crippen LogP contribution in [-0.4, -0.2) is 82.5 Å². The zero-order valence-corrected chi connectivity index (χ0v) is 13.4. The predicted octanol–water partition coefficient (Wildman–Crippen LogP) is 0.151. The number of nitrogens with zero attached hydrogens (tertiary/aromatic N) is 2. The molecule has 0 aromatic heterocycles. The second kappa shape index (κ2) is 6.50. The maximum atomic E-state index is 12.5. The molecule has 3 aliphatic rings. The quantitative estimate of drug-likeness (QED) is 0.722. The van der Waals surface area contributed by atoms with Crippen molar-refractivity contribution in [1.82, 2.24) is 9.21 Å². The highest BCUT2D eigenvalue weighted by atomic mass is 32.2. The van der Waals surface area contributed by atoms with E-state index in [9.17, 15) is 8.42 Å². The number of morpholine rings is 1. The van der Waals surface area contributed by atoms with Crippen molar-refractivity contribution in [2.24, 2.45) is 5.41 Å². The number of hydrogen-bond donors (Lipinski definition) is 0. The standard InChI is InChI=1S/C14H26N2O4S/c17-21(18,11-1-4-15-5-8-19-9-6-15)16-7-10-20-13-14(12-16)2-3-14/h1-13H2. The lowest BCUT2D eigenvalue weighted by atomic mass is 10.1. The molecule has 0 unspecified atom stereocenters. The molecule has 7 heteroatoms. The van der Waals surface area contributed by atoms with Crippen LogP contribution in [0.1, 0.15) is 19.3 Å². The van der Waals surface area contributed by atoms with Crippen LogP contribution >= 0.6 is 0 Å². The molecule has 0 aromatic carbocycles. The lowest BCUT2D eigenvalue weighted by molar-refractivity contribution is 0.0380. The van der Waals surface area contributed by atoms with Crippen molar-refractivity contribution in [3.05, 3.63) is 0 Å². The van der Waals surface area contributed by atoms with Crippen LogP contribution in [0.15, 0.2) is 0 Å². The van der Waals surface area contributed by atoms with Crippen LogP contribution in [0.2, 0.25) is 0 Å². The highest BCUT2D eigenvalue weighted by molar-refractivity contribution is 7.89. The molecule has 1 aliphatic carbocycles. The van der Waals surface area contributed by atoms with E-state index in [-0.39, 0.29) is 11.2 Å². The van der Waals surface area contributed by atoms with E-state index >= 15 is 0 Å². The summed E-state index contributed by atoms with van der Waals surface area (Å²) in [5.41, 5.74) is 0.133. The maximum Gasteiger partial charge on any atom is 0.214 e. The van der Waals surface area contributed by atoms with E-state index in [0.717, 1.165) is 52.3 Å². The first kappa shape index (κ1) is 15.7. The van der Waals surface area contributed by atoms with Crippen LogP contribution in [0.25, 0.3) is 0 Å². The minimum Gasteiger partial charge on any atom is -0.379 e. The third-order valence-electron chi connectivity index (χ3n) is 4.74. The molecule has 2 saturated heterocycles. The van der Waals surface area contributed by atoms with Gasteiger partial charge in [0.25, 0.3) is 0 Å². The lowest BCUT2D eigenvalue weighted by Gasteiger charge is -2.27. The van der Waals surface area contributed by atoms with E-state index in [1.165, 1.54) is 0 Å². The van der Waals surface area contributed by atoms with E-state index < -0.39 is 10.0 Å². The van der Waals surface area contributed by atoms with Crippen LogP contribution in [0.5, 0.6) is 0 Å². The Morgan fingerprint density at radius 1 is 1.00 bits per heavy atom. The maximum absolute atomic E-state index is 12.5. The van der Waals surface area contributed by atoms with Gasteiger partial charge in [-0.2, -0.15) is 4.31 Å². The molecule has 0 atom stereocenters. The second-order valence-corrected chi connectivity index (χ2v) is 8.60. The van der Waals surface area contributed by atoms with Gasteiger partial charge in [0, 0.05) is 31.6 Å². The molecule has 0 N–H and O–H groups in total. The van der Waals surface area contributed by atoms with Crippen LogP contribution in [0.4, 0.5) is 0 Å². The highest BCUT2D eigenvalue weighted by Crippen LogP contribution is 2.47. The van der Waals surface area contributed by atoms with E-state index in [4.69, 9.17) is 9.47 Å². The van der Waals surface area contributed by atoms with Gasteiger partial charge in [-0.15, -0.1) is 0 Å². The van der Waals surface area contributed by atoms with Gasteiger partial charge in [-0.3, -0.25) is 4.90 Å². The third-order valence-corrected chi connectivity index (χ3v) is 6.64. The number of rotatable bonds is 5. The molecular weight excluding hydrogens is 292 g/mol. The zero-order chi connectivity index (χ0) is 14.8. The Kier molecular flexibility index (Phi) is 4.85. The summed E-state index contributed by atoms with van der Waals surface area (Å²) in [6.07, 6.45) is 2.91. The predicted molar refractivity (Wildman–Crippen MR) is 79.7 cm³/mol. The Morgan fingerprint density at radius 2 is 1.71 bits per heavy atom. The third kappa shape index (κ3) is 4.16. The zero-order valence-electron chi connectivity index (χ0n) is 12.6. The summed E-state index contributed by atoms with van der Waals surface area (Å²) < 4.78 is 37.6. The van der Waals surface area contributed by atoms with Crippen molar-refractivity contribution in [3.63, 3.8) is 0 Å². The molecule has 0 amide bonds. The summed E-state index contributed by atoms with van der Waals surface area (Å²) in [5, 5.41) is 0. The molecule has 1 saturated carbocycles.